The second-order valence-electron chi connectivity index (χ2n) is 10.7. The quantitative estimate of drug-likeness (QED) is 0.285. The third-order valence-electron chi connectivity index (χ3n) is 7.60. The van der Waals surface area contributed by atoms with Gasteiger partial charge in [0.25, 0.3) is 5.91 Å². The summed E-state index contributed by atoms with van der Waals surface area (Å²) < 4.78 is 47.2. The fourth-order valence-electron chi connectivity index (χ4n) is 5.53. The van der Waals surface area contributed by atoms with Crippen LogP contribution in [0, 0.1) is 0 Å². The molecule has 8 nitrogen and oxygen atoms in total. The zero-order chi connectivity index (χ0) is 29.4. The highest BCUT2D eigenvalue weighted by Crippen LogP contribution is 2.44. The van der Waals surface area contributed by atoms with Gasteiger partial charge in [0.2, 0.25) is 10.0 Å². The number of hydrogen-bond donors (Lipinski definition) is 3. The zero-order valence-electron chi connectivity index (χ0n) is 22.5. The second-order valence-corrected chi connectivity index (χ2v) is 15.8. The van der Waals surface area contributed by atoms with Crippen molar-refractivity contribution in [3.05, 3.63) is 99.5 Å². The molecule has 41 heavy (non-hydrogen) atoms. The fraction of sp³-hybridized carbons (Fsp3) is 0.345. The molecular weight excluding hydrogens is 605 g/mol. The van der Waals surface area contributed by atoms with Crippen molar-refractivity contribution in [3.8, 4) is 0 Å². The van der Waals surface area contributed by atoms with E-state index in [9.17, 15) is 22.3 Å². The van der Waals surface area contributed by atoms with Crippen LogP contribution in [0.4, 0.5) is 5.69 Å². The third kappa shape index (κ3) is 7.19. The Balaban J connectivity index is 1.34. The molecule has 3 aromatic rings. The molecule has 2 heterocycles. The summed E-state index contributed by atoms with van der Waals surface area (Å²) in [7, 11) is -6.21. The molecule has 0 atom stereocenters. The van der Waals surface area contributed by atoms with Crippen LogP contribution in [0.5, 0.6) is 0 Å². The first-order chi connectivity index (χ1) is 19.4. The number of likely N-dealkylation sites (tertiary alicyclic amines) is 1. The van der Waals surface area contributed by atoms with Crippen LogP contribution in [0.3, 0.4) is 0 Å². The van der Waals surface area contributed by atoms with Gasteiger partial charge in [0, 0.05) is 46.2 Å². The monoisotopic (exact) mass is 637 g/mol. The number of anilines is 1. The first-order valence-electron chi connectivity index (χ1n) is 13.3. The number of carbonyl (C=O) groups excluding carboxylic acids is 1. The molecule has 0 radical (unpaired) electrons. The summed E-state index contributed by atoms with van der Waals surface area (Å²) in [6.45, 7) is 0.960. The van der Waals surface area contributed by atoms with Gasteiger partial charge in [-0.25, -0.2) is 8.42 Å². The lowest BCUT2D eigenvalue weighted by Crippen LogP contribution is -2.61. The van der Waals surface area contributed by atoms with Crippen LogP contribution in [0.2, 0.25) is 10.0 Å². The van der Waals surface area contributed by atoms with Gasteiger partial charge >= 0.3 is 0 Å². The molecule has 0 aliphatic carbocycles. The average molecular weight is 639 g/mol. The number of rotatable bonds is 8. The third-order valence-corrected chi connectivity index (χ3v) is 11.1. The maximum atomic E-state index is 13.0. The molecular formula is C29H33Cl2N3O5S2. The van der Waals surface area contributed by atoms with Crippen molar-refractivity contribution < 1.29 is 22.3 Å². The number of nitrogens with zero attached hydrogens (tertiary/aromatic N) is 2. The molecule has 5 rings (SSSR count). The highest BCUT2D eigenvalue weighted by molar-refractivity contribution is 8.24. The molecule has 3 aromatic carbocycles. The molecule has 2 saturated heterocycles. The van der Waals surface area contributed by atoms with Gasteiger partial charge in [-0.1, -0.05) is 53.5 Å². The molecule has 220 valence electrons. The first kappa shape index (κ1) is 30.2. The lowest BCUT2D eigenvalue weighted by atomic mass is 9.93. The number of hydrogen-bond acceptors (Lipinski definition) is 6. The van der Waals surface area contributed by atoms with Crippen molar-refractivity contribution in [1.29, 1.82) is 0 Å². The Labute approximate surface area is 252 Å². The molecule has 0 unspecified atom stereocenters. The van der Waals surface area contributed by atoms with E-state index in [-0.39, 0.29) is 35.5 Å². The van der Waals surface area contributed by atoms with Crippen LogP contribution in [0.1, 0.15) is 40.4 Å². The SMILES string of the molecule is CS(=O)(=O)N(c1cccc(C(=O)NC2CCS(O)(O)CC2)c1)C1CN(C(c2ccc(Cl)cc2)c2ccc(Cl)cc2)C1. The number of nitrogens with one attached hydrogen (secondary N) is 1. The molecule has 0 aromatic heterocycles. The van der Waals surface area contributed by atoms with Crippen LogP contribution in [-0.4, -0.2) is 71.3 Å². The predicted octanol–water partition coefficient (Wildman–Crippen LogP) is 5.88. The summed E-state index contributed by atoms with van der Waals surface area (Å²) in [4.78, 5) is 15.2. The van der Waals surface area contributed by atoms with Crippen molar-refractivity contribution in [3.63, 3.8) is 0 Å². The van der Waals surface area contributed by atoms with Gasteiger partial charge in [-0.2, -0.15) is 10.6 Å². The van der Waals surface area contributed by atoms with Crippen LogP contribution in [-0.2, 0) is 10.0 Å². The van der Waals surface area contributed by atoms with E-state index in [0.29, 0.717) is 47.2 Å². The number of halogens is 2. The highest BCUT2D eigenvalue weighted by atomic mass is 35.5. The highest BCUT2D eigenvalue weighted by Gasteiger charge is 2.41. The molecule has 2 aliphatic heterocycles. The summed E-state index contributed by atoms with van der Waals surface area (Å²) in [6, 6.07) is 21.3. The normalized spacial score (nSPS) is 19.0. The Morgan fingerprint density at radius 3 is 2.00 bits per heavy atom. The van der Waals surface area contributed by atoms with E-state index in [1.54, 1.807) is 24.3 Å². The smallest absolute Gasteiger partial charge is 0.251 e. The Morgan fingerprint density at radius 2 is 1.49 bits per heavy atom. The van der Waals surface area contributed by atoms with Crippen LogP contribution in [0.25, 0.3) is 0 Å². The van der Waals surface area contributed by atoms with Gasteiger partial charge < -0.3 is 5.32 Å². The number of benzene rings is 3. The molecule has 0 bridgehead atoms. The van der Waals surface area contributed by atoms with Crippen molar-refractivity contribution in [2.24, 2.45) is 0 Å². The number of carbonyl (C=O) groups is 1. The van der Waals surface area contributed by atoms with E-state index >= 15 is 0 Å². The molecule has 3 N–H and O–H groups in total. The van der Waals surface area contributed by atoms with Gasteiger partial charge in [0.15, 0.2) is 0 Å². The van der Waals surface area contributed by atoms with Crippen molar-refractivity contribution >= 4 is 55.4 Å². The van der Waals surface area contributed by atoms with Crippen molar-refractivity contribution in [1.82, 2.24) is 10.2 Å². The Hall–Kier alpha value is -2.31. The second kappa shape index (κ2) is 12.1. The predicted molar refractivity (Wildman–Crippen MR) is 167 cm³/mol. The fourth-order valence-corrected chi connectivity index (χ4v) is 8.48. The minimum absolute atomic E-state index is 0.117. The maximum absolute atomic E-state index is 13.0. The van der Waals surface area contributed by atoms with Crippen molar-refractivity contribution in [2.45, 2.75) is 31.0 Å². The molecule has 12 heteroatoms. The maximum Gasteiger partial charge on any atom is 0.251 e. The molecule has 2 aliphatic rings. The molecule has 1 amide bonds. The zero-order valence-corrected chi connectivity index (χ0v) is 25.6. The average Bonchev–Trinajstić information content (AvgIpc) is 2.90. The summed E-state index contributed by atoms with van der Waals surface area (Å²) in [5.41, 5.74) is 2.84. The van der Waals surface area contributed by atoms with E-state index in [4.69, 9.17) is 23.2 Å². The number of sulfonamides is 1. The summed E-state index contributed by atoms with van der Waals surface area (Å²) in [5.74, 6) is 0.222. The van der Waals surface area contributed by atoms with E-state index in [1.165, 1.54) is 10.6 Å². The van der Waals surface area contributed by atoms with Crippen molar-refractivity contribution in [2.75, 3.05) is 35.2 Å². The van der Waals surface area contributed by atoms with Gasteiger partial charge in [-0.05, 0) is 66.4 Å². The minimum atomic E-state index is -3.66. The Morgan fingerprint density at radius 1 is 0.951 bits per heavy atom. The van der Waals surface area contributed by atoms with Gasteiger partial charge in [-0.15, -0.1) is 0 Å². The Kier molecular flexibility index (Phi) is 8.92. The summed E-state index contributed by atoms with van der Waals surface area (Å²) >= 11 is 12.3. The van der Waals surface area contributed by atoms with E-state index in [1.807, 2.05) is 48.5 Å². The Bertz CT molecular complexity index is 1440. The lowest BCUT2D eigenvalue weighted by Gasteiger charge is -2.48. The topological polar surface area (TPSA) is 110 Å². The summed E-state index contributed by atoms with van der Waals surface area (Å²) in [5, 5.41) is 4.23. The molecule has 0 spiro atoms. The van der Waals surface area contributed by atoms with E-state index in [0.717, 1.165) is 11.1 Å². The largest absolute Gasteiger partial charge is 0.349 e. The minimum Gasteiger partial charge on any atom is -0.349 e. The van der Waals surface area contributed by atoms with Crippen LogP contribution >= 0.6 is 33.8 Å². The first-order valence-corrected chi connectivity index (χ1v) is 17.8. The van der Waals surface area contributed by atoms with Gasteiger partial charge in [0.1, 0.15) is 0 Å². The van der Waals surface area contributed by atoms with Crippen LogP contribution in [0.15, 0.2) is 72.8 Å². The van der Waals surface area contributed by atoms with Gasteiger partial charge in [0.05, 0.1) is 24.0 Å². The lowest BCUT2D eigenvalue weighted by molar-refractivity contribution is 0.0933. The molecule has 2 fully saturated rings. The van der Waals surface area contributed by atoms with Gasteiger partial charge in [-0.3, -0.25) is 23.1 Å². The molecule has 0 saturated carbocycles. The van der Waals surface area contributed by atoms with E-state index in [2.05, 4.69) is 10.2 Å². The standard InChI is InChI=1S/C29H33Cl2N3O5S2/c1-40(36,37)34(26-4-2-3-22(17-26)29(35)32-25-13-15-41(38,39)16-14-25)27-18-33(19-27)28(20-5-9-23(30)10-6-20)21-7-11-24(31)12-8-21/h2-12,17,25,27-28,38-39H,13-16,18-19H2,1H3,(H,32,35). The number of amides is 1. The summed E-state index contributed by atoms with van der Waals surface area (Å²) in [6.07, 6.45) is 2.16. The van der Waals surface area contributed by atoms with E-state index < -0.39 is 20.6 Å². The van der Waals surface area contributed by atoms with Crippen LogP contribution < -0.4 is 9.62 Å².